The summed E-state index contributed by atoms with van der Waals surface area (Å²) in [6.45, 7) is 8.95. The topological polar surface area (TPSA) is 57.7 Å². The second-order valence-corrected chi connectivity index (χ2v) is 12.4. The third-order valence-electron chi connectivity index (χ3n) is 7.33. The van der Waals surface area contributed by atoms with Gasteiger partial charge in [0.25, 0.3) is 0 Å². The molecule has 0 N–H and O–H groups in total. The molecular weight excluding hydrogens is 480 g/mol. The molecule has 1 fully saturated rings. The highest BCUT2D eigenvalue weighted by Gasteiger charge is 2.32. The first-order valence-corrected chi connectivity index (χ1v) is 14.5. The molecule has 3 aromatic carbocycles. The predicted octanol–water partition coefficient (Wildman–Crippen LogP) is 5.59. The maximum Gasteiger partial charge on any atom is 0.244 e. The predicted molar refractivity (Wildman–Crippen MR) is 149 cm³/mol. The van der Waals surface area contributed by atoms with Crippen LogP contribution in [0.2, 0.25) is 0 Å². The van der Waals surface area contributed by atoms with Gasteiger partial charge in [-0.3, -0.25) is 4.79 Å². The summed E-state index contributed by atoms with van der Waals surface area (Å²) in [6, 6.07) is 22.1. The van der Waals surface area contributed by atoms with Crippen molar-refractivity contribution < 1.29 is 13.2 Å². The second-order valence-electron chi connectivity index (χ2n) is 10.5. The van der Waals surface area contributed by atoms with Gasteiger partial charge in [0.15, 0.2) is 0 Å². The fourth-order valence-corrected chi connectivity index (χ4v) is 7.20. The van der Waals surface area contributed by atoms with Gasteiger partial charge in [-0.25, -0.2) is 8.42 Å². The van der Waals surface area contributed by atoms with Crippen molar-refractivity contribution in [2.75, 3.05) is 19.6 Å². The third kappa shape index (κ3) is 6.68. The molecule has 0 unspecified atom stereocenters. The first-order chi connectivity index (χ1) is 17.6. The number of hydrogen-bond donors (Lipinski definition) is 0. The van der Waals surface area contributed by atoms with Crippen LogP contribution < -0.4 is 0 Å². The molecule has 196 valence electrons. The minimum absolute atomic E-state index is 0.128. The van der Waals surface area contributed by atoms with E-state index in [1.54, 1.807) is 0 Å². The van der Waals surface area contributed by atoms with Crippen LogP contribution in [0.5, 0.6) is 0 Å². The molecule has 37 heavy (non-hydrogen) atoms. The molecule has 1 aliphatic heterocycles. The van der Waals surface area contributed by atoms with Gasteiger partial charge < -0.3 is 4.90 Å². The Balaban J connectivity index is 1.52. The average Bonchev–Trinajstić information content (AvgIpc) is 2.85. The zero-order valence-corrected chi connectivity index (χ0v) is 23.2. The van der Waals surface area contributed by atoms with Gasteiger partial charge in [-0.05, 0) is 75.1 Å². The van der Waals surface area contributed by atoms with Crippen LogP contribution in [0.15, 0.2) is 71.6 Å². The molecule has 5 nitrogen and oxygen atoms in total. The van der Waals surface area contributed by atoms with Gasteiger partial charge in [-0.15, -0.1) is 0 Å². The van der Waals surface area contributed by atoms with Gasteiger partial charge in [0.2, 0.25) is 15.9 Å². The van der Waals surface area contributed by atoms with Gasteiger partial charge >= 0.3 is 0 Å². The maximum absolute atomic E-state index is 14.0. The summed E-state index contributed by atoms with van der Waals surface area (Å²) in [5.74, 6) is 0.410. The number of rotatable bonds is 8. The fraction of sp³-hybridized carbons (Fsp3) is 0.387. The van der Waals surface area contributed by atoms with Crippen LogP contribution in [0.4, 0.5) is 0 Å². The lowest BCUT2D eigenvalue weighted by molar-refractivity contribution is -0.132. The fourth-order valence-electron chi connectivity index (χ4n) is 5.41. The van der Waals surface area contributed by atoms with E-state index in [1.807, 2.05) is 75.1 Å². The number of benzene rings is 3. The van der Waals surface area contributed by atoms with E-state index in [4.69, 9.17) is 0 Å². The lowest BCUT2D eigenvalue weighted by Gasteiger charge is -2.34. The zero-order chi connectivity index (χ0) is 26.6. The Morgan fingerprint density at radius 1 is 0.838 bits per heavy atom. The molecule has 0 radical (unpaired) electrons. The van der Waals surface area contributed by atoms with E-state index in [0.717, 1.165) is 36.0 Å². The van der Waals surface area contributed by atoms with Gasteiger partial charge in [0.05, 0.1) is 11.4 Å². The molecule has 1 saturated heterocycles. The van der Waals surface area contributed by atoms with E-state index >= 15 is 0 Å². The minimum Gasteiger partial charge on any atom is -0.342 e. The smallest absolute Gasteiger partial charge is 0.244 e. The third-order valence-corrected chi connectivity index (χ3v) is 9.43. The van der Waals surface area contributed by atoms with Crippen LogP contribution in [-0.4, -0.2) is 43.2 Å². The largest absolute Gasteiger partial charge is 0.342 e. The molecule has 0 spiro atoms. The summed E-state index contributed by atoms with van der Waals surface area (Å²) in [4.78, 5) is 15.6. The summed E-state index contributed by atoms with van der Waals surface area (Å²) in [5.41, 5.74) is 5.74. The lowest BCUT2D eigenvalue weighted by atomic mass is 9.90. The number of sulfonamides is 1. The minimum atomic E-state index is -3.89. The van der Waals surface area contributed by atoms with Crippen LogP contribution in [-0.2, 0) is 27.8 Å². The van der Waals surface area contributed by atoms with Crippen LogP contribution in [0.3, 0.4) is 0 Å². The van der Waals surface area contributed by atoms with Crippen molar-refractivity contribution in [3.8, 4) is 0 Å². The highest BCUT2D eigenvalue weighted by Crippen LogP contribution is 2.27. The number of carbonyl (C=O) groups is 1. The highest BCUT2D eigenvalue weighted by atomic mass is 32.2. The highest BCUT2D eigenvalue weighted by molar-refractivity contribution is 7.89. The number of carbonyl (C=O) groups excluding carboxylic acids is 1. The first-order valence-electron chi connectivity index (χ1n) is 13.1. The van der Waals surface area contributed by atoms with Crippen molar-refractivity contribution in [1.29, 1.82) is 0 Å². The quantitative estimate of drug-likeness (QED) is 0.390. The second kappa shape index (κ2) is 11.6. The molecule has 0 bridgehead atoms. The van der Waals surface area contributed by atoms with Gasteiger partial charge in [-0.2, -0.15) is 4.31 Å². The van der Waals surface area contributed by atoms with E-state index < -0.39 is 10.0 Å². The van der Waals surface area contributed by atoms with Crippen molar-refractivity contribution >= 4 is 15.9 Å². The molecule has 0 saturated carbocycles. The SMILES string of the molecule is Cc1ccc(CN(CC(=O)N2CCC(Cc3ccccc3)CC2)S(=O)(=O)c2c(C)cc(C)cc2C)cc1. The summed E-state index contributed by atoms with van der Waals surface area (Å²) in [7, 11) is -3.89. The number of amides is 1. The number of hydrogen-bond acceptors (Lipinski definition) is 3. The Morgan fingerprint density at radius 2 is 1.43 bits per heavy atom. The molecule has 1 amide bonds. The molecule has 3 aromatic rings. The van der Waals surface area contributed by atoms with Gasteiger partial charge in [0, 0.05) is 19.6 Å². The van der Waals surface area contributed by atoms with Crippen molar-refractivity contribution in [3.05, 3.63) is 100 Å². The van der Waals surface area contributed by atoms with Crippen LogP contribution in [0, 0.1) is 33.6 Å². The van der Waals surface area contributed by atoms with Crippen LogP contribution >= 0.6 is 0 Å². The van der Waals surface area contributed by atoms with Gasteiger partial charge in [-0.1, -0.05) is 77.9 Å². The number of piperidine rings is 1. The van der Waals surface area contributed by atoms with E-state index in [1.165, 1.54) is 9.87 Å². The molecule has 4 rings (SSSR count). The molecule has 1 aliphatic rings. The van der Waals surface area contributed by atoms with Crippen molar-refractivity contribution in [1.82, 2.24) is 9.21 Å². The van der Waals surface area contributed by atoms with Crippen LogP contribution in [0.1, 0.15) is 46.2 Å². The zero-order valence-electron chi connectivity index (χ0n) is 22.4. The Labute approximate surface area is 222 Å². The van der Waals surface area contributed by atoms with Crippen LogP contribution in [0.25, 0.3) is 0 Å². The summed E-state index contributed by atoms with van der Waals surface area (Å²) in [5, 5.41) is 0. The Morgan fingerprint density at radius 3 is 2.03 bits per heavy atom. The van der Waals surface area contributed by atoms with Crippen molar-refractivity contribution in [2.45, 2.75) is 58.4 Å². The first kappa shape index (κ1) is 27.1. The number of nitrogens with zero attached hydrogens (tertiary/aromatic N) is 2. The monoisotopic (exact) mass is 518 g/mol. The standard InChI is InChI=1S/C31H38N2O3S/c1-23-10-12-29(13-11-23)21-33(37(35,36)31-25(3)18-24(2)19-26(31)4)22-30(34)32-16-14-28(15-17-32)20-27-8-6-5-7-9-27/h5-13,18-19,28H,14-17,20-22H2,1-4H3. The van der Waals surface area contributed by atoms with Gasteiger partial charge in [0.1, 0.15) is 0 Å². The van der Waals surface area contributed by atoms with E-state index in [9.17, 15) is 13.2 Å². The van der Waals surface area contributed by atoms with Crippen molar-refractivity contribution in [3.63, 3.8) is 0 Å². The summed E-state index contributed by atoms with van der Waals surface area (Å²) >= 11 is 0. The molecule has 6 heteroatoms. The van der Waals surface area contributed by atoms with Crippen molar-refractivity contribution in [2.24, 2.45) is 5.92 Å². The maximum atomic E-state index is 14.0. The normalized spacial score (nSPS) is 14.8. The average molecular weight is 519 g/mol. The molecular formula is C31H38N2O3S. The lowest BCUT2D eigenvalue weighted by Crippen LogP contribution is -2.46. The molecule has 0 aliphatic carbocycles. The van der Waals surface area contributed by atoms with E-state index in [2.05, 4.69) is 24.3 Å². The molecule has 0 aromatic heterocycles. The van der Waals surface area contributed by atoms with E-state index in [-0.39, 0.29) is 19.0 Å². The Hall–Kier alpha value is -2.96. The Kier molecular flexibility index (Phi) is 8.50. The summed E-state index contributed by atoms with van der Waals surface area (Å²) < 4.78 is 29.3. The Bertz CT molecular complexity index is 1300. The molecule has 1 heterocycles. The number of likely N-dealkylation sites (tertiary alicyclic amines) is 1. The van der Waals surface area contributed by atoms with E-state index in [0.29, 0.717) is 35.0 Å². The number of aryl methyl sites for hydroxylation is 4. The summed E-state index contributed by atoms with van der Waals surface area (Å²) in [6.07, 6.45) is 2.88. The molecule has 0 atom stereocenters.